The molecule has 5 heteroatoms. The van der Waals surface area contributed by atoms with Crippen molar-refractivity contribution in [1.82, 2.24) is 15.5 Å². The number of amides is 1. The zero-order valence-corrected chi connectivity index (χ0v) is 10.6. The lowest BCUT2D eigenvalue weighted by molar-refractivity contribution is -0.129. The van der Waals surface area contributed by atoms with Crippen molar-refractivity contribution in [3.05, 3.63) is 17.5 Å². The van der Waals surface area contributed by atoms with Crippen LogP contribution in [0.2, 0.25) is 0 Å². The highest BCUT2D eigenvalue weighted by molar-refractivity contribution is 5.85. The fraction of sp³-hybridized carbons (Fsp3) is 0.615. The quantitative estimate of drug-likeness (QED) is 0.853. The molecule has 5 nitrogen and oxygen atoms in total. The van der Waals surface area contributed by atoms with Gasteiger partial charge in [0.05, 0.1) is 12.3 Å². The van der Waals surface area contributed by atoms with E-state index in [1.807, 2.05) is 6.92 Å². The molecule has 0 aliphatic heterocycles. The summed E-state index contributed by atoms with van der Waals surface area (Å²) in [6.45, 7) is 2.35. The Kier molecular flexibility index (Phi) is 3.66. The van der Waals surface area contributed by atoms with E-state index in [2.05, 4.69) is 21.6 Å². The number of carbonyl (C=O) groups is 1. The van der Waals surface area contributed by atoms with Gasteiger partial charge in [-0.05, 0) is 19.8 Å². The normalized spacial score (nSPS) is 18.0. The van der Waals surface area contributed by atoms with Gasteiger partial charge >= 0.3 is 0 Å². The minimum Gasteiger partial charge on any atom is -0.351 e. The molecular formula is C13H18N4O. The van der Waals surface area contributed by atoms with E-state index in [1.165, 1.54) is 0 Å². The Hall–Kier alpha value is -1.83. The van der Waals surface area contributed by atoms with Gasteiger partial charge in [-0.25, -0.2) is 0 Å². The second-order valence-electron chi connectivity index (χ2n) is 4.96. The number of aryl methyl sites for hydroxylation is 1. The molecule has 0 spiro atoms. The van der Waals surface area contributed by atoms with Gasteiger partial charge in [0.1, 0.15) is 5.41 Å². The van der Waals surface area contributed by atoms with Crippen molar-refractivity contribution in [2.75, 3.05) is 0 Å². The topological polar surface area (TPSA) is 81.6 Å². The van der Waals surface area contributed by atoms with Crippen molar-refractivity contribution in [1.29, 1.82) is 5.26 Å². The summed E-state index contributed by atoms with van der Waals surface area (Å²) in [6, 6.07) is 2.23. The SMILES string of the molecule is Cc1[nH]ncc1CNC(=O)C1(C#N)CCCCC1. The van der Waals surface area contributed by atoms with Crippen LogP contribution in [-0.4, -0.2) is 16.1 Å². The Balaban J connectivity index is 1.99. The third kappa shape index (κ3) is 2.37. The number of nitrogens with one attached hydrogen (secondary N) is 2. The second-order valence-corrected chi connectivity index (χ2v) is 4.96. The molecule has 1 aliphatic rings. The van der Waals surface area contributed by atoms with E-state index in [1.54, 1.807) is 6.20 Å². The van der Waals surface area contributed by atoms with Crippen LogP contribution in [-0.2, 0) is 11.3 Å². The van der Waals surface area contributed by atoms with Crippen molar-refractivity contribution in [3.8, 4) is 6.07 Å². The summed E-state index contributed by atoms with van der Waals surface area (Å²) >= 11 is 0. The maximum atomic E-state index is 12.2. The summed E-state index contributed by atoms with van der Waals surface area (Å²) in [7, 11) is 0. The van der Waals surface area contributed by atoms with Gasteiger partial charge < -0.3 is 5.32 Å². The highest BCUT2D eigenvalue weighted by atomic mass is 16.2. The highest BCUT2D eigenvalue weighted by Crippen LogP contribution is 2.35. The predicted molar refractivity (Wildman–Crippen MR) is 66.3 cm³/mol. The van der Waals surface area contributed by atoms with Gasteiger partial charge in [0, 0.05) is 17.8 Å². The van der Waals surface area contributed by atoms with Crippen LogP contribution < -0.4 is 5.32 Å². The van der Waals surface area contributed by atoms with Gasteiger partial charge in [0.2, 0.25) is 5.91 Å². The maximum absolute atomic E-state index is 12.2. The zero-order chi connectivity index (χ0) is 13.0. The molecule has 1 aromatic heterocycles. The zero-order valence-electron chi connectivity index (χ0n) is 10.6. The number of H-pyrrole nitrogens is 1. The van der Waals surface area contributed by atoms with Crippen molar-refractivity contribution in [2.24, 2.45) is 5.41 Å². The van der Waals surface area contributed by atoms with Crippen LogP contribution in [0.1, 0.15) is 43.4 Å². The third-order valence-corrected chi connectivity index (χ3v) is 3.73. The molecule has 18 heavy (non-hydrogen) atoms. The Morgan fingerprint density at radius 3 is 2.83 bits per heavy atom. The Morgan fingerprint density at radius 2 is 2.28 bits per heavy atom. The number of aromatic amines is 1. The molecule has 0 atom stereocenters. The molecule has 0 bridgehead atoms. The average molecular weight is 246 g/mol. The van der Waals surface area contributed by atoms with Crippen LogP contribution >= 0.6 is 0 Å². The first-order valence-electron chi connectivity index (χ1n) is 6.36. The molecule has 96 valence electrons. The lowest BCUT2D eigenvalue weighted by atomic mass is 9.74. The van der Waals surface area contributed by atoms with E-state index in [-0.39, 0.29) is 5.91 Å². The summed E-state index contributed by atoms with van der Waals surface area (Å²) in [5, 5.41) is 18.9. The smallest absolute Gasteiger partial charge is 0.240 e. The molecule has 0 aromatic carbocycles. The van der Waals surface area contributed by atoms with Gasteiger partial charge in [-0.15, -0.1) is 0 Å². The van der Waals surface area contributed by atoms with Crippen molar-refractivity contribution in [3.63, 3.8) is 0 Å². The largest absolute Gasteiger partial charge is 0.351 e. The van der Waals surface area contributed by atoms with Crippen molar-refractivity contribution < 1.29 is 4.79 Å². The van der Waals surface area contributed by atoms with Crippen LogP contribution in [0.5, 0.6) is 0 Å². The van der Waals surface area contributed by atoms with Crippen LogP contribution in [0.15, 0.2) is 6.20 Å². The van der Waals surface area contributed by atoms with Gasteiger partial charge in [0.25, 0.3) is 0 Å². The predicted octanol–water partition coefficient (Wildman–Crippen LogP) is 1.81. The number of hydrogen-bond donors (Lipinski definition) is 2. The maximum Gasteiger partial charge on any atom is 0.240 e. The monoisotopic (exact) mass is 246 g/mol. The standard InChI is InChI=1S/C13H18N4O/c1-10-11(8-16-17-10)7-15-12(18)13(9-14)5-3-2-4-6-13/h8H,2-7H2,1H3,(H,15,18)(H,16,17). The Labute approximate surface area is 107 Å². The summed E-state index contributed by atoms with van der Waals surface area (Å²) in [5.74, 6) is -0.134. The molecule has 1 heterocycles. The Bertz CT molecular complexity index is 466. The van der Waals surface area contributed by atoms with E-state index in [0.717, 1.165) is 30.5 Å². The lowest BCUT2D eigenvalue weighted by Gasteiger charge is -2.29. The van der Waals surface area contributed by atoms with Crippen LogP contribution in [0, 0.1) is 23.7 Å². The summed E-state index contributed by atoms with van der Waals surface area (Å²) in [5.41, 5.74) is 1.10. The molecule has 1 aromatic rings. The molecule has 2 rings (SSSR count). The van der Waals surface area contributed by atoms with Gasteiger partial charge in [-0.2, -0.15) is 10.4 Å². The molecule has 1 amide bonds. The molecule has 0 saturated heterocycles. The number of aromatic nitrogens is 2. The third-order valence-electron chi connectivity index (χ3n) is 3.73. The minimum atomic E-state index is -0.810. The summed E-state index contributed by atoms with van der Waals surface area (Å²) < 4.78 is 0. The number of nitrogens with zero attached hydrogens (tertiary/aromatic N) is 2. The lowest BCUT2D eigenvalue weighted by Crippen LogP contribution is -2.41. The van der Waals surface area contributed by atoms with Crippen LogP contribution in [0.3, 0.4) is 0 Å². The van der Waals surface area contributed by atoms with Gasteiger partial charge in [0.15, 0.2) is 0 Å². The molecule has 1 aliphatic carbocycles. The number of nitriles is 1. The molecule has 0 unspecified atom stereocenters. The first-order valence-corrected chi connectivity index (χ1v) is 6.36. The summed E-state index contributed by atoms with van der Waals surface area (Å²) in [4.78, 5) is 12.2. The summed E-state index contributed by atoms with van der Waals surface area (Å²) in [6.07, 6.45) is 6.12. The molecule has 2 N–H and O–H groups in total. The molecule has 0 radical (unpaired) electrons. The average Bonchev–Trinajstić information content (AvgIpc) is 2.82. The van der Waals surface area contributed by atoms with Gasteiger partial charge in [-0.3, -0.25) is 9.89 Å². The first kappa shape index (κ1) is 12.6. The van der Waals surface area contributed by atoms with E-state index in [0.29, 0.717) is 19.4 Å². The van der Waals surface area contributed by atoms with E-state index in [4.69, 9.17) is 0 Å². The molecular weight excluding hydrogens is 228 g/mol. The fourth-order valence-electron chi connectivity index (χ4n) is 2.44. The van der Waals surface area contributed by atoms with E-state index >= 15 is 0 Å². The Morgan fingerprint density at radius 1 is 1.56 bits per heavy atom. The van der Waals surface area contributed by atoms with E-state index in [9.17, 15) is 10.1 Å². The number of hydrogen-bond acceptors (Lipinski definition) is 3. The van der Waals surface area contributed by atoms with Crippen LogP contribution in [0.25, 0.3) is 0 Å². The van der Waals surface area contributed by atoms with Crippen molar-refractivity contribution >= 4 is 5.91 Å². The highest BCUT2D eigenvalue weighted by Gasteiger charge is 2.39. The number of rotatable bonds is 3. The van der Waals surface area contributed by atoms with Crippen molar-refractivity contribution in [2.45, 2.75) is 45.6 Å². The number of carbonyl (C=O) groups excluding carboxylic acids is 1. The molecule has 1 fully saturated rings. The first-order chi connectivity index (χ1) is 8.68. The minimum absolute atomic E-state index is 0.134. The van der Waals surface area contributed by atoms with Crippen LogP contribution in [0.4, 0.5) is 0 Å². The second kappa shape index (κ2) is 5.21. The molecule has 1 saturated carbocycles. The van der Waals surface area contributed by atoms with E-state index < -0.39 is 5.41 Å². The van der Waals surface area contributed by atoms with Gasteiger partial charge in [-0.1, -0.05) is 19.3 Å². The fourth-order valence-corrected chi connectivity index (χ4v) is 2.44.